The Hall–Kier alpha value is -1.21. The standard InChI is InChI=1S/C16H22F3NO2S/c1-5-11-6-8-12(9-7-11)13(21)10-14(16(17,18)19)20-23(22)15(2,3)4/h6-9,14,20H,5,10H2,1-4H3/t14-,23-/m0/s1. The van der Waals surface area contributed by atoms with E-state index in [9.17, 15) is 22.2 Å². The molecule has 7 heteroatoms. The lowest BCUT2D eigenvalue weighted by molar-refractivity contribution is -0.150. The minimum atomic E-state index is -4.65. The molecule has 1 aromatic carbocycles. The number of aryl methyl sites for hydroxylation is 1. The maximum Gasteiger partial charge on any atom is 0.405 e. The maximum atomic E-state index is 13.1. The van der Waals surface area contributed by atoms with Gasteiger partial charge in [-0.3, -0.25) is 4.79 Å². The molecule has 0 fully saturated rings. The molecule has 0 aliphatic heterocycles. The van der Waals surface area contributed by atoms with Crippen LogP contribution >= 0.6 is 0 Å². The van der Waals surface area contributed by atoms with Crippen LogP contribution in [0.15, 0.2) is 24.3 Å². The molecule has 0 spiro atoms. The predicted molar refractivity (Wildman–Crippen MR) is 85.6 cm³/mol. The van der Waals surface area contributed by atoms with E-state index in [4.69, 9.17) is 0 Å². The molecule has 1 aromatic rings. The van der Waals surface area contributed by atoms with Gasteiger partial charge < -0.3 is 0 Å². The number of alkyl halides is 3. The highest BCUT2D eigenvalue weighted by atomic mass is 32.2. The summed E-state index contributed by atoms with van der Waals surface area (Å²) in [6.07, 6.45) is -4.65. The summed E-state index contributed by atoms with van der Waals surface area (Å²) < 4.78 is 52.4. The van der Waals surface area contributed by atoms with Crippen LogP contribution in [0.3, 0.4) is 0 Å². The van der Waals surface area contributed by atoms with Crippen molar-refractivity contribution in [2.45, 2.75) is 57.5 Å². The summed E-state index contributed by atoms with van der Waals surface area (Å²) in [7, 11) is -1.91. The first-order chi connectivity index (χ1) is 10.4. The van der Waals surface area contributed by atoms with E-state index in [1.807, 2.05) is 11.6 Å². The average Bonchev–Trinajstić information content (AvgIpc) is 2.44. The second-order valence-electron chi connectivity index (χ2n) is 6.27. The summed E-state index contributed by atoms with van der Waals surface area (Å²) in [4.78, 5) is 12.1. The number of halogens is 3. The van der Waals surface area contributed by atoms with Crippen molar-refractivity contribution < 1.29 is 22.2 Å². The van der Waals surface area contributed by atoms with Gasteiger partial charge in [0.2, 0.25) is 0 Å². The molecule has 0 heterocycles. The highest BCUT2D eigenvalue weighted by Gasteiger charge is 2.43. The van der Waals surface area contributed by atoms with Crippen LogP contribution in [-0.4, -0.2) is 27.0 Å². The zero-order valence-corrected chi connectivity index (χ0v) is 14.5. The van der Waals surface area contributed by atoms with Crippen molar-refractivity contribution in [2.75, 3.05) is 0 Å². The van der Waals surface area contributed by atoms with Gasteiger partial charge in [-0.15, -0.1) is 0 Å². The Morgan fingerprint density at radius 2 is 1.70 bits per heavy atom. The summed E-state index contributed by atoms with van der Waals surface area (Å²) >= 11 is 0. The molecule has 1 rings (SSSR count). The Labute approximate surface area is 137 Å². The summed E-state index contributed by atoms with van der Waals surface area (Å²) in [6.45, 7) is 6.64. The number of benzene rings is 1. The first kappa shape index (κ1) is 19.8. The van der Waals surface area contributed by atoms with Gasteiger partial charge >= 0.3 is 6.18 Å². The van der Waals surface area contributed by atoms with E-state index in [-0.39, 0.29) is 5.56 Å². The normalized spacial score (nSPS) is 15.3. The molecule has 2 atom stereocenters. The molecule has 0 aromatic heterocycles. The molecule has 0 aliphatic carbocycles. The van der Waals surface area contributed by atoms with Crippen LogP contribution in [0.25, 0.3) is 0 Å². The molecular formula is C16H22F3NO2S. The van der Waals surface area contributed by atoms with Crippen molar-refractivity contribution in [3.63, 3.8) is 0 Å². The number of carbonyl (C=O) groups is 1. The van der Waals surface area contributed by atoms with E-state index >= 15 is 0 Å². The van der Waals surface area contributed by atoms with Crippen molar-refractivity contribution >= 4 is 16.8 Å². The molecule has 1 N–H and O–H groups in total. The fraction of sp³-hybridized carbons (Fsp3) is 0.562. The lowest BCUT2D eigenvalue weighted by atomic mass is 10.0. The molecule has 3 nitrogen and oxygen atoms in total. The first-order valence-corrected chi connectivity index (χ1v) is 8.47. The van der Waals surface area contributed by atoms with Gasteiger partial charge in [-0.25, -0.2) is 8.93 Å². The number of rotatable bonds is 6. The zero-order chi connectivity index (χ0) is 17.8. The molecule has 130 valence electrons. The summed E-state index contributed by atoms with van der Waals surface area (Å²) in [5.74, 6) is -0.631. The van der Waals surface area contributed by atoms with Crippen LogP contribution < -0.4 is 4.72 Å². The Morgan fingerprint density at radius 1 is 1.17 bits per heavy atom. The van der Waals surface area contributed by atoms with Gasteiger partial charge in [-0.05, 0) is 32.8 Å². The molecule has 0 bridgehead atoms. The van der Waals surface area contributed by atoms with E-state index in [0.717, 1.165) is 12.0 Å². The van der Waals surface area contributed by atoms with Gasteiger partial charge in [0.1, 0.15) is 6.04 Å². The largest absolute Gasteiger partial charge is 0.405 e. The number of ketones is 1. The minimum Gasteiger partial charge on any atom is -0.294 e. The molecule has 0 aliphatic rings. The lowest BCUT2D eigenvalue weighted by Gasteiger charge is -2.25. The number of hydrogen-bond donors (Lipinski definition) is 1. The van der Waals surface area contributed by atoms with Crippen LogP contribution in [0.2, 0.25) is 0 Å². The third-order valence-electron chi connectivity index (χ3n) is 3.27. The predicted octanol–water partition coefficient (Wildman–Crippen LogP) is 3.80. The monoisotopic (exact) mass is 349 g/mol. The van der Waals surface area contributed by atoms with Crippen molar-refractivity contribution in [3.05, 3.63) is 35.4 Å². The van der Waals surface area contributed by atoms with Gasteiger partial charge in [0, 0.05) is 12.0 Å². The second kappa shape index (κ2) is 7.57. The average molecular weight is 349 g/mol. The molecule has 0 radical (unpaired) electrons. The number of carbonyl (C=O) groups excluding carboxylic acids is 1. The smallest absolute Gasteiger partial charge is 0.294 e. The molecule has 23 heavy (non-hydrogen) atoms. The molecule has 0 saturated carbocycles. The summed E-state index contributed by atoms with van der Waals surface area (Å²) in [5.41, 5.74) is 1.22. The lowest BCUT2D eigenvalue weighted by Crippen LogP contribution is -2.48. The Kier molecular flexibility index (Phi) is 6.53. The third-order valence-corrected chi connectivity index (χ3v) is 4.89. The van der Waals surface area contributed by atoms with E-state index in [0.29, 0.717) is 0 Å². The van der Waals surface area contributed by atoms with Gasteiger partial charge in [0.15, 0.2) is 5.78 Å². The van der Waals surface area contributed by atoms with Gasteiger partial charge in [-0.1, -0.05) is 31.2 Å². The fourth-order valence-electron chi connectivity index (χ4n) is 1.76. The summed E-state index contributed by atoms with van der Waals surface area (Å²) in [6, 6.07) is 4.35. The Balaban J connectivity index is 2.88. The second-order valence-corrected chi connectivity index (χ2v) is 8.27. The fourth-order valence-corrected chi connectivity index (χ4v) is 2.59. The van der Waals surface area contributed by atoms with Gasteiger partial charge in [0.25, 0.3) is 0 Å². The van der Waals surface area contributed by atoms with Gasteiger partial charge in [0.05, 0.1) is 15.7 Å². The topological polar surface area (TPSA) is 46.2 Å². The van der Waals surface area contributed by atoms with Crippen molar-refractivity contribution in [1.82, 2.24) is 4.72 Å². The zero-order valence-electron chi connectivity index (χ0n) is 13.7. The Morgan fingerprint density at radius 3 is 2.09 bits per heavy atom. The SMILES string of the molecule is CCc1ccc(C(=O)C[C@H](N[S@@](=O)C(C)(C)C)C(F)(F)F)cc1. The Bertz CT molecular complexity index is 562. The molecule has 0 unspecified atom stereocenters. The van der Waals surface area contributed by atoms with Crippen LogP contribution in [0, 0.1) is 0 Å². The molecular weight excluding hydrogens is 327 g/mol. The maximum absolute atomic E-state index is 13.1. The van der Waals surface area contributed by atoms with Crippen LogP contribution in [-0.2, 0) is 17.4 Å². The number of hydrogen-bond acceptors (Lipinski definition) is 2. The van der Waals surface area contributed by atoms with E-state index in [1.54, 1.807) is 32.9 Å². The summed E-state index contributed by atoms with van der Waals surface area (Å²) in [5, 5.41) is 0. The van der Waals surface area contributed by atoms with Crippen molar-refractivity contribution in [3.8, 4) is 0 Å². The number of Topliss-reactive ketones (excluding diaryl/α,β-unsaturated/α-hetero) is 1. The highest BCUT2D eigenvalue weighted by Crippen LogP contribution is 2.25. The van der Waals surface area contributed by atoms with Crippen molar-refractivity contribution in [1.29, 1.82) is 0 Å². The van der Waals surface area contributed by atoms with Gasteiger partial charge in [-0.2, -0.15) is 13.2 Å². The van der Waals surface area contributed by atoms with Crippen molar-refractivity contribution in [2.24, 2.45) is 0 Å². The molecule has 0 amide bonds. The van der Waals surface area contributed by atoms with Crippen LogP contribution in [0.1, 0.15) is 50.0 Å². The number of nitrogens with one attached hydrogen (secondary N) is 1. The van der Waals surface area contributed by atoms with E-state index in [1.165, 1.54) is 12.1 Å². The van der Waals surface area contributed by atoms with E-state index in [2.05, 4.69) is 0 Å². The first-order valence-electron chi connectivity index (χ1n) is 7.32. The third kappa shape index (κ3) is 6.06. The quantitative estimate of drug-likeness (QED) is 0.794. The van der Waals surface area contributed by atoms with Crippen LogP contribution in [0.5, 0.6) is 0 Å². The van der Waals surface area contributed by atoms with E-state index < -0.39 is 40.2 Å². The molecule has 0 saturated heterocycles. The minimum absolute atomic E-state index is 0.222. The highest BCUT2D eigenvalue weighted by molar-refractivity contribution is 7.84. The van der Waals surface area contributed by atoms with Crippen LogP contribution in [0.4, 0.5) is 13.2 Å².